The van der Waals surface area contributed by atoms with Gasteiger partial charge in [0.05, 0.1) is 17.0 Å². The van der Waals surface area contributed by atoms with E-state index in [1.165, 1.54) is 11.3 Å². The van der Waals surface area contributed by atoms with Crippen LogP contribution in [0.2, 0.25) is 0 Å². The number of nitrogens with two attached hydrogens (primary N) is 1. The molecule has 6 heteroatoms. The van der Waals surface area contributed by atoms with Gasteiger partial charge in [0.1, 0.15) is 4.88 Å². The maximum Gasteiger partial charge on any atom is 0.266 e. The summed E-state index contributed by atoms with van der Waals surface area (Å²) < 4.78 is 0.925. The Hall–Kier alpha value is -1.66. The maximum atomic E-state index is 12.8. The Morgan fingerprint density at radius 2 is 2.24 bits per heavy atom. The Morgan fingerprint density at radius 3 is 2.90 bits per heavy atom. The molecule has 3 rings (SSSR count). The quantitative estimate of drug-likeness (QED) is 0.908. The highest BCUT2D eigenvalue weighted by Crippen LogP contribution is 2.35. The number of nitrogen functional groups attached to an aromatic ring is 1. The second-order valence-corrected chi connectivity index (χ2v) is 6.43. The van der Waals surface area contributed by atoms with Crippen LogP contribution in [0, 0.1) is 0 Å². The van der Waals surface area contributed by atoms with Crippen LogP contribution in [0.4, 0.5) is 5.69 Å². The van der Waals surface area contributed by atoms with Crippen molar-refractivity contribution in [2.75, 3.05) is 18.9 Å². The normalized spacial score (nSPS) is 15.7. The first kappa shape index (κ1) is 14.3. The van der Waals surface area contributed by atoms with E-state index in [0.717, 1.165) is 35.8 Å². The van der Waals surface area contributed by atoms with Crippen LogP contribution in [-0.2, 0) is 0 Å². The number of pyridine rings is 1. The molecule has 2 aromatic heterocycles. The molecule has 3 N–H and O–H groups in total. The van der Waals surface area contributed by atoms with Crippen molar-refractivity contribution in [3.05, 3.63) is 23.3 Å². The molecule has 2 heterocycles. The Kier molecular flexibility index (Phi) is 4.07. The fourth-order valence-electron chi connectivity index (χ4n) is 3.03. The summed E-state index contributed by atoms with van der Waals surface area (Å²) >= 11 is 1.38. The van der Waals surface area contributed by atoms with Gasteiger partial charge in [0.25, 0.3) is 5.91 Å². The summed E-state index contributed by atoms with van der Waals surface area (Å²) in [6, 6.07) is 2.07. The number of hydrogen-bond donors (Lipinski definition) is 2. The van der Waals surface area contributed by atoms with Gasteiger partial charge in [-0.05, 0) is 18.9 Å². The van der Waals surface area contributed by atoms with Gasteiger partial charge in [0.2, 0.25) is 0 Å². The average molecular weight is 305 g/mol. The second kappa shape index (κ2) is 5.99. The number of nitrogens with zero attached hydrogens (tertiary/aromatic N) is 2. The number of rotatable bonds is 4. The number of anilines is 1. The lowest BCUT2D eigenvalue weighted by Gasteiger charge is -2.28. The van der Waals surface area contributed by atoms with Crippen LogP contribution >= 0.6 is 11.3 Å². The van der Waals surface area contributed by atoms with Crippen molar-refractivity contribution in [2.24, 2.45) is 0 Å². The van der Waals surface area contributed by atoms with E-state index >= 15 is 0 Å². The summed E-state index contributed by atoms with van der Waals surface area (Å²) in [5.41, 5.74) is 6.68. The van der Waals surface area contributed by atoms with Crippen molar-refractivity contribution in [1.82, 2.24) is 9.88 Å². The van der Waals surface area contributed by atoms with Crippen LogP contribution in [-0.4, -0.2) is 40.1 Å². The number of carbonyl (C=O) groups excluding carboxylic acids is 1. The van der Waals surface area contributed by atoms with Crippen molar-refractivity contribution in [3.8, 4) is 0 Å². The molecule has 0 aliphatic heterocycles. The van der Waals surface area contributed by atoms with Crippen LogP contribution < -0.4 is 5.73 Å². The third kappa shape index (κ3) is 2.61. The number of thiophene rings is 1. The number of fused-ring (bicyclic) bond motifs is 1. The lowest BCUT2D eigenvalue weighted by Crippen LogP contribution is -2.40. The molecular weight excluding hydrogens is 286 g/mol. The predicted molar refractivity (Wildman–Crippen MR) is 84.4 cm³/mol. The highest BCUT2D eigenvalue weighted by molar-refractivity contribution is 7.21. The van der Waals surface area contributed by atoms with E-state index < -0.39 is 0 Å². The van der Waals surface area contributed by atoms with Crippen molar-refractivity contribution in [1.29, 1.82) is 0 Å². The minimum Gasteiger partial charge on any atom is -0.397 e. The summed E-state index contributed by atoms with van der Waals surface area (Å²) in [4.78, 5) is 19.3. The van der Waals surface area contributed by atoms with Gasteiger partial charge < -0.3 is 15.7 Å². The third-order valence-electron chi connectivity index (χ3n) is 4.09. The molecule has 0 spiro atoms. The molecule has 0 atom stereocenters. The second-order valence-electron chi connectivity index (χ2n) is 5.38. The fraction of sp³-hybridized carbons (Fsp3) is 0.467. The van der Waals surface area contributed by atoms with E-state index in [1.54, 1.807) is 17.3 Å². The topological polar surface area (TPSA) is 79.5 Å². The molecule has 1 aliphatic carbocycles. The summed E-state index contributed by atoms with van der Waals surface area (Å²) in [5.74, 6) is -0.0605. The lowest BCUT2D eigenvalue weighted by molar-refractivity contribution is 0.0644. The van der Waals surface area contributed by atoms with Crippen molar-refractivity contribution < 1.29 is 9.90 Å². The Labute approximate surface area is 127 Å². The standard InChI is InChI=1S/C15H19N3O2S/c16-13-11-5-6-17-9-12(11)21-14(13)15(20)18(7-8-19)10-3-1-2-4-10/h5-6,9-10,19H,1-4,7-8,16H2. The zero-order valence-electron chi connectivity index (χ0n) is 11.8. The van der Waals surface area contributed by atoms with Crippen molar-refractivity contribution in [3.63, 3.8) is 0 Å². The first-order chi connectivity index (χ1) is 10.2. The molecular formula is C15H19N3O2S. The van der Waals surface area contributed by atoms with E-state index in [2.05, 4.69) is 4.98 Å². The Bertz CT molecular complexity index is 649. The molecule has 0 bridgehead atoms. The van der Waals surface area contributed by atoms with Gasteiger partial charge in [-0.15, -0.1) is 11.3 Å². The minimum absolute atomic E-state index is 0.0193. The molecule has 0 aromatic carbocycles. The average Bonchev–Trinajstić information content (AvgIpc) is 3.13. The maximum absolute atomic E-state index is 12.8. The van der Waals surface area contributed by atoms with Gasteiger partial charge in [-0.1, -0.05) is 12.8 Å². The van der Waals surface area contributed by atoms with Crippen LogP contribution in [0.1, 0.15) is 35.4 Å². The molecule has 1 amide bonds. The predicted octanol–water partition coefficient (Wildman–Crippen LogP) is 2.26. The highest BCUT2D eigenvalue weighted by atomic mass is 32.1. The molecule has 1 aliphatic rings. The van der Waals surface area contributed by atoms with Crippen LogP contribution in [0.5, 0.6) is 0 Å². The largest absolute Gasteiger partial charge is 0.397 e. The third-order valence-corrected chi connectivity index (χ3v) is 5.24. The first-order valence-corrected chi connectivity index (χ1v) is 8.08. The van der Waals surface area contributed by atoms with Gasteiger partial charge in [0.15, 0.2) is 0 Å². The molecule has 0 saturated heterocycles. The molecule has 0 radical (unpaired) electrons. The Balaban J connectivity index is 1.95. The van der Waals surface area contributed by atoms with Crippen LogP contribution in [0.15, 0.2) is 18.5 Å². The number of aliphatic hydroxyl groups is 1. The van der Waals surface area contributed by atoms with Gasteiger partial charge in [-0.25, -0.2) is 0 Å². The van der Waals surface area contributed by atoms with E-state index in [0.29, 0.717) is 17.1 Å². The molecule has 0 unspecified atom stereocenters. The molecule has 112 valence electrons. The van der Waals surface area contributed by atoms with Gasteiger partial charge in [-0.3, -0.25) is 9.78 Å². The van der Waals surface area contributed by atoms with E-state index in [1.807, 2.05) is 6.07 Å². The van der Waals surface area contributed by atoms with Crippen LogP contribution in [0.25, 0.3) is 10.1 Å². The zero-order valence-corrected chi connectivity index (χ0v) is 12.6. The van der Waals surface area contributed by atoms with Crippen LogP contribution in [0.3, 0.4) is 0 Å². The highest BCUT2D eigenvalue weighted by Gasteiger charge is 2.29. The number of carbonyl (C=O) groups is 1. The van der Waals surface area contributed by atoms with Crippen molar-refractivity contribution in [2.45, 2.75) is 31.7 Å². The fourth-order valence-corrected chi connectivity index (χ4v) is 4.08. The SMILES string of the molecule is Nc1c(C(=O)N(CCO)C2CCCC2)sc2cnccc12. The molecule has 2 aromatic rings. The zero-order chi connectivity index (χ0) is 14.8. The van der Waals surface area contributed by atoms with Gasteiger partial charge >= 0.3 is 0 Å². The summed E-state index contributed by atoms with van der Waals surface area (Å²) in [7, 11) is 0. The summed E-state index contributed by atoms with van der Waals surface area (Å²) in [5, 5.41) is 10.2. The first-order valence-electron chi connectivity index (χ1n) is 7.26. The lowest BCUT2D eigenvalue weighted by atomic mass is 10.2. The summed E-state index contributed by atoms with van der Waals surface area (Å²) in [6.07, 6.45) is 7.73. The van der Waals surface area contributed by atoms with E-state index in [4.69, 9.17) is 5.73 Å². The number of aliphatic hydroxyl groups excluding tert-OH is 1. The van der Waals surface area contributed by atoms with E-state index in [9.17, 15) is 9.90 Å². The number of aromatic nitrogens is 1. The van der Waals surface area contributed by atoms with E-state index in [-0.39, 0.29) is 18.6 Å². The smallest absolute Gasteiger partial charge is 0.266 e. The number of hydrogen-bond acceptors (Lipinski definition) is 5. The monoisotopic (exact) mass is 305 g/mol. The number of amides is 1. The van der Waals surface area contributed by atoms with Gasteiger partial charge in [0, 0.05) is 30.4 Å². The molecule has 1 saturated carbocycles. The van der Waals surface area contributed by atoms with Crippen molar-refractivity contribution >= 4 is 33.0 Å². The summed E-state index contributed by atoms with van der Waals surface area (Å²) in [6.45, 7) is 0.351. The van der Waals surface area contributed by atoms with Gasteiger partial charge in [-0.2, -0.15) is 0 Å². The minimum atomic E-state index is -0.0605. The molecule has 5 nitrogen and oxygen atoms in total. The Morgan fingerprint density at radius 1 is 1.48 bits per heavy atom. The molecule has 21 heavy (non-hydrogen) atoms. The molecule has 1 fully saturated rings.